The molecule has 0 N–H and O–H groups in total. The summed E-state index contributed by atoms with van der Waals surface area (Å²) in [5.41, 5.74) is 4.86. The smallest absolute Gasteiger partial charge is 0.0598 e. The van der Waals surface area contributed by atoms with Crippen molar-refractivity contribution in [2.24, 2.45) is 29.6 Å². The second-order valence-electron chi connectivity index (χ2n) is 14.1. The summed E-state index contributed by atoms with van der Waals surface area (Å²) in [7, 11) is -1.59. The van der Waals surface area contributed by atoms with Crippen LogP contribution in [0.3, 0.4) is 0 Å². The lowest BCUT2D eigenvalue weighted by Gasteiger charge is -2.47. The van der Waals surface area contributed by atoms with Gasteiger partial charge in [-0.2, -0.15) is 0 Å². The van der Waals surface area contributed by atoms with Crippen LogP contribution in [0.2, 0.25) is 23.7 Å². The molecular formula is C36H52OSi. The molecule has 4 aliphatic rings. The lowest BCUT2D eigenvalue weighted by molar-refractivity contribution is -0.00471. The Labute approximate surface area is 234 Å². The number of allylic oxidation sites excluding steroid dienone is 8. The molecule has 0 heterocycles. The van der Waals surface area contributed by atoms with E-state index in [0.717, 1.165) is 41.4 Å². The van der Waals surface area contributed by atoms with E-state index < -0.39 is 8.07 Å². The Morgan fingerprint density at radius 1 is 0.868 bits per heavy atom. The number of hydrogen-bond donors (Lipinski definition) is 0. The van der Waals surface area contributed by atoms with Crippen LogP contribution in [-0.4, -0.2) is 20.3 Å². The second kappa shape index (κ2) is 11.8. The van der Waals surface area contributed by atoms with Crippen LogP contribution in [0.5, 0.6) is 0 Å². The minimum Gasteiger partial charge on any atom is -0.376 e. The number of ether oxygens (including phenoxy) is 1. The Balaban J connectivity index is 1.34. The quantitative estimate of drug-likeness (QED) is 0.217. The van der Waals surface area contributed by atoms with Gasteiger partial charge in [-0.1, -0.05) is 118 Å². The standard InChI is InChI=1S/C36H52OSi/c1-27-26-33-30(28-16-9-8-10-17-28)20-15-21-32(33)35(27)38(5,25-14-7-6-13-24-37-36(2,3)4)34-23-22-29-18-11-12-19-31(29)34/h8-12,15-21,27,29,31-35H,6-7,13-14,22-26H2,1-5H3. The van der Waals surface area contributed by atoms with E-state index in [1.165, 1.54) is 56.6 Å². The Kier molecular flexibility index (Phi) is 8.70. The van der Waals surface area contributed by atoms with Crippen molar-refractivity contribution in [2.75, 3.05) is 6.61 Å². The van der Waals surface area contributed by atoms with Crippen molar-refractivity contribution in [3.8, 4) is 0 Å². The van der Waals surface area contributed by atoms with Crippen molar-refractivity contribution in [1.29, 1.82) is 0 Å². The number of fused-ring (bicyclic) bond motifs is 2. The molecule has 2 heteroatoms. The summed E-state index contributed by atoms with van der Waals surface area (Å²) < 4.78 is 6.00. The van der Waals surface area contributed by atoms with Crippen LogP contribution in [0.25, 0.3) is 5.57 Å². The van der Waals surface area contributed by atoms with Gasteiger partial charge in [0.1, 0.15) is 0 Å². The predicted molar refractivity (Wildman–Crippen MR) is 167 cm³/mol. The first-order valence-corrected chi connectivity index (χ1v) is 18.6. The summed E-state index contributed by atoms with van der Waals surface area (Å²) in [5, 5.41) is 0. The summed E-state index contributed by atoms with van der Waals surface area (Å²) in [4.78, 5) is 0. The molecule has 0 aromatic heterocycles. The van der Waals surface area contributed by atoms with Gasteiger partial charge in [-0.25, -0.2) is 0 Å². The Morgan fingerprint density at radius 3 is 2.39 bits per heavy atom. The Morgan fingerprint density at radius 2 is 1.61 bits per heavy atom. The first-order chi connectivity index (χ1) is 18.3. The van der Waals surface area contributed by atoms with Crippen molar-refractivity contribution in [3.05, 3.63) is 78.4 Å². The molecule has 0 spiro atoms. The lowest BCUT2D eigenvalue weighted by atomic mass is 9.81. The molecule has 1 nitrogen and oxygen atoms in total. The summed E-state index contributed by atoms with van der Waals surface area (Å²) in [5.74, 6) is 3.83. The molecule has 2 fully saturated rings. The molecule has 206 valence electrons. The van der Waals surface area contributed by atoms with E-state index in [2.05, 4.69) is 107 Å². The Bertz CT molecular complexity index is 1040. The van der Waals surface area contributed by atoms with Gasteiger partial charge in [-0.05, 0) is 91.8 Å². The van der Waals surface area contributed by atoms with Crippen molar-refractivity contribution in [2.45, 2.75) is 102 Å². The maximum Gasteiger partial charge on any atom is 0.0598 e. The fourth-order valence-electron chi connectivity index (χ4n) is 9.03. The molecule has 8 atom stereocenters. The lowest BCUT2D eigenvalue weighted by Crippen LogP contribution is -2.46. The molecule has 4 aliphatic carbocycles. The minimum atomic E-state index is -1.59. The molecule has 0 radical (unpaired) electrons. The molecule has 1 aromatic rings. The van der Waals surface area contributed by atoms with E-state index in [1.807, 2.05) is 0 Å². The third-order valence-electron chi connectivity index (χ3n) is 10.6. The van der Waals surface area contributed by atoms with Crippen LogP contribution in [0.4, 0.5) is 0 Å². The average molecular weight is 529 g/mol. The normalized spacial score (nSPS) is 33.6. The van der Waals surface area contributed by atoms with Gasteiger partial charge in [0, 0.05) is 6.61 Å². The van der Waals surface area contributed by atoms with Gasteiger partial charge in [-0.3, -0.25) is 0 Å². The summed E-state index contributed by atoms with van der Waals surface area (Å²) in [6, 6.07) is 12.8. The van der Waals surface area contributed by atoms with Crippen LogP contribution in [0.15, 0.2) is 72.9 Å². The molecule has 5 rings (SSSR count). The van der Waals surface area contributed by atoms with E-state index in [0.29, 0.717) is 5.92 Å². The van der Waals surface area contributed by atoms with Gasteiger partial charge >= 0.3 is 0 Å². The van der Waals surface area contributed by atoms with Gasteiger partial charge in [0.2, 0.25) is 0 Å². The summed E-state index contributed by atoms with van der Waals surface area (Å²) in [6.07, 6.45) is 26.8. The first kappa shape index (κ1) is 27.9. The predicted octanol–water partition coefficient (Wildman–Crippen LogP) is 10.3. The van der Waals surface area contributed by atoms with Crippen molar-refractivity contribution < 1.29 is 4.74 Å². The monoisotopic (exact) mass is 528 g/mol. The molecule has 38 heavy (non-hydrogen) atoms. The van der Waals surface area contributed by atoms with E-state index in [1.54, 1.807) is 5.57 Å². The number of hydrogen-bond acceptors (Lipinski definition) is 1. The topological polar surface area (TPSA) is 9.23 Å². The number of rotatable bonds is 10. The fraction of sp³-hybridized carbons (Fsp3) is 0.611. The highest BCUT2D eigenvalue weighted by Crippen LogP contribution is 2.63. The van der Waals surface area contributed by atoms with Gasteiger partial charge in [0.25, 0.3) is 0 Å². The van der Waals surface area contributed by atoms with Crippen LogP contribution in [-0.2, 0) is 4.74 Å². The summed E-state index contributed by atoms with van der Waals surface area (Å²) in [6.45, 7) is 12.9. The van der Waals surface area contributed by atoms with E-state index in [-0.39, 0.29) is 5.60 Å². The maximum absolute atomic E-state index is 6.00. The van der Waals surface area contributed by atoms with Gasteiger partial charge in [-0.15, -0.1) is 0 Å². The molecule has 0 bridgehead atoms. The van der Waals surface area contributed by atoms with Crippen molar-refractivity contribution >= 4 is 13.6 Å². The summed E-state index contributed by atoms with van der Waals surface area (Å²) >= 11 is 0. The highest BCUT2D eigenvalue weighted by molar-refractivity contribution is 6.81. The zero-order valence-corrected chi connectivity index (χ0v) is 25.7. The third kappa shape index (κ3) is 5.92. The van der Waals surface area contributed by atoms with Crippen molar-refractivity contribution in [3.63, 3.8) is 0 Å². The van der Waals surface area contributed by atoms with Gasteiger partial charge < -0.3 is 4.74 Å². The van der Waals surface area contributed by atoms with Crippen LogP contribution >= 0.6 is 0 Å². The van der Waals surface area contributed by atoms with Gasteiger partial charge in [0.05, 0.1) is 13.7 Å². The first-order valence-electron chi connectivity index (χ1n) is 15.7. The third-order valence-corrected chi connectivity index (χ3v) is 16.8. The number of unbranched alkanes of at least 4 members (excludes halogenated alkanes) is 3. The highest BCUT2D eigenvalue weighted by atomic mass is 28.3. The van der Waals surface area contributed by atoms with Crippen molar-refractivity contribution in [1.82, 2.24) is 0 Å². The zero-order chi connectivity index (χ0) is 26.8. The molecule has 1 aromatic carbocycles. The molecule has 0 aliphatic heterocycles. The van der Waals surface area contributed by atoms with E-state index >= 15 is 0 Å². The molecule has 2 saturated carbocycles. The second-order valence-corrected chi connectivity index (χ2v) is 19.0. The SMILES string of the molecule is CC1CC2C(c3ccccc3)=CC=CC2C1[Si](C)(CCCCCCOC(C)(C)C)C1CCC2C=CC=CC21. The molecule has 8 unspecified atom stereocenters. The Hall–Kier alpha value is -1.64. The van der Waals surface area contributed by atoms with E-state index in [9.17, 15) is 0 Å². The molecule has 0 saturated heterocycles. The van der Waals surface area contributed by atoms with E-state index in [4.69, 9.17) is 4.74 Å². The fourth-order valence-corrected chi connectivity index (χ4v) is 16.0. The molecular weight excluding hydrogens is 476 g/mol. The zero-order valence-electron chi connectivity index (χ0n) is 24.7. The van der Waals surface area contributed by atoms with Crippen LogP contribution in [0.1, 0.15) is 78.2 Å². The highest BCUT2D eigenvalue weighted by Gasteiger charge is 2.56. The number of benzene rings is 1. The maximum atomic E-state index is 6.00. The van der Waals surface area contributed by atoms with Gasteiger partial charge in [0.15, 0.2) is 0 Å². The van der Waals surface area contributed by atoms with Crippen LogP contribution in [0, 0.1) is 29.6 Å². The minimum absolute atomic E-state index is 0.0117. The molecule has 0 amide bonds. The van der Waals surface area contributed by atoms with Crippen LogP contribution < -0.4 is 0 Å². The average Bonchev–Trinajstić information content (AvgIpc) is 3.49. The largest absolute Gasteiger partial charge is 0.376 e.